The lowest BCUT2D eigenvalue weighted by Gasteiger charge is -2.49. The topological polar surface area (TPSA) is 78.6 Å². The van der Waals surface area contributed by atoms with Crippen molar-refractivity contribution in [2.24, 2.45) is 5.92 Å². The molecule has 7 heteroatoms. The second-order valence-electron chi connectivity index (χ2n) is 8.81. The maximum absolute atomic E-state index is 13.0. The minimum Gasteiger partial charge on any atom is -0.388 e. The molecule has 2 fully saturated rings. The van der Waals surface area contributed by atoms with Crippen molar-refractivity contribution in [3.05, 3.63) is 39.4 Å². The summed E-state index contributed by atoms with van der Waals surface area (Å²) in [5.41, 5.74) is 1.03. The average molecular weight is 418 g/mol. The van der Waals surface area contributed by atoms with Gasteiger partial charge in [-0.15, -0.1) is 11.3 Å². The molecule has 1 aliphatic heterocycles. The van der Waals surface area contributed by atoms with Crippen LogP contribution in [0.25, 0.3) is 0 Å². The Hall–Kier alpha value is -1.70. The molecule has 0 spiro atoms. The highest BCUT2D eigenvalue weighted by atomic mass is 32.1. The summed E-state index contributed by atoms with van der Waals surface area (Å²) < 4.78 is 5.37. The standard InChI is InChI=1S/C22H31N3O3S/c1-14-17(15(2)28-24-14)13-25-11-10-22(3,27)20(19(25)18-9-6-12-29-18)23-21(26)16-7-4-5-8-16/h6,9,12,16,19-20,27H,4-5,7-8,10-11,13H2,1-3H3,(H,23,26)/t19-,20-,22+/m0/s1. The molecule has 1 saturated carbocycles. The summed E-state index contributed by atoms with van der Waals surface area (Å²) in [5.74, 6) is 0.998. The number of carbonyl (C=O) groups is 1. The van der Waals surface area contributed by atoms with Gasteiger partial charge in [0.05, 0.1) is 23.4 Å². The zero-order valence-corrected chi connectivity index (χ0v) is 18.3. The van der Waals surface area contributed by atoms with Crippen molar-refractivity contribution in [1.29, 1.82) is 0 Å². The molecule has 4 rings (SSSR count). The number of amides is 1. The Morgan fingerprint density at radius 3 is 2.79 bits per heavy atom. The number of aromatic nitrogens is 1. The van der Waals surface area contributed by atoms with E-state index >= 15 is 0 Å². The maximum Gasteiger partial charge on any atom is 0.223 e. The third kappa shape index (κ3) is 4.13. The Morgan fingerprint density at radius 1 is 1.41 bits per heavy atom. The fourth-order valence-electron chi connectivity index (χ4n) is 4.82. The molecule has 2 aromatic heterocycles. The fraction of sp³-hybridized carbons (Fsp3) is 0.636. The van der Waals surface area contributed by atoms with Crippen molar-refractivity contribution in [2.75, 3.05) is 6.54 Å². The molecule has 3 heterocycles. The zero-order valence-electron chi connectivity index (χ0n) is 17.5. The largest absolute Gasteiger partial charge is 0.388 e. The molecule has 2 aromatic rings. The molecular formula is C22H31N3O3S. The monoisotopic (exact) mass is 417 g/mol. The first-order valence-corrected chi connectivity index (χ1v) is 11.5. The number of hydrogen-bond acceptors (Lipinski definition) is 6. The molecule has 2 N–H and O–H groups in total. The van der Waals surface area contributed by atoms with Crippen LogP contribution in [0.15, 0.2) is 22.0 Å². The molecule has 158 valence electrons. The van der Waals surface area contributed by atoms with Crippen molar-refractivity contribution in [2.45, 2.75) is 77.1 Å². The molecule has 3 atom stereocenters. The molecule has 1 saturated heterocycles. The molecule has 1 aliphatic carbocycles. The lowest BCUT2D eigenvalue weighted by Crippen LogP contribution is -2.62. The summed E-state index contributed by atoms with van der Waals surface area (Å²) in [6.45, 7) is 7.20. The summed E-state index contributed by atoms with van der Waals surface area (Å²) in [5, 5.41) is 20.7. The maximum atomic E-state index is 13.0. The predicted molar refractivity (Wildman–Crippen MR) is 113 cm³/mol. The lowest BCUT2D eigenvalue weighted by atomic mass is 9.81. The number of hydrogen-bond donors (Lipinski definition) is 2. The van der Waals surface area contributed by atoms with Crippen LogP contribution in [0.2, 0.25) is 0 Å². The highest BCUT2D eigenvalue weighted by Crippen LogP contribution is 2.40. The minimum atomic E-state index is -0.960. The van der Waals surface area contributed by atoms with Crippen molar-refractivity contribution < 1.29 is 14.4 Å². The van der Waals surface area contributed by atoms with E-state index in [1.165, 1.54) is 0 Å². The Labute approximate surface area is 176 Å². The summed E-state index contributed by atoms with van der Waals surface area (Å²) in [7, 11) is 0. The Morgan fingerprint density at radius 2 is 2.17 bits per heavy atom. The van der Waals surface area contributed by atoms with Gasteiger partial charge in [0.1, 0.15) is 5.76 Å². The van der Waals surface area contributed by atoms with Crippen LogP contribution >= 0.6 is 11.3 Å². The van der Waals surface area contributed by atoms with E-state index in [1.54, 1.807) is 11.3 Å². The molecule has 1 amide bonds. The summed E-state index contributed by atoms with van der Waals surface area (Å²) in [6.07, 6.45) is 4.74. The molecule has 2 aliphatic rings. The number of likely N-dealkylation sites (tertiary alicyclic amines) is 1. The van der Waals surface area contributed by atoms with Gasteiger partial charge in [-0.3, -0.25) is 9.69 Å². The first-order valence-electron chi connectivity index (χ1n) is 10.6. The number of thiophene rings is 1. The minimum absolute atomic E-state index is 0.0766. The fourth-order valence-corrected chi connectivity index (χ4v) is 5.72. The van der Waals surface area contributed by atoms with Gasteiger partial charge in [-0.1, -0.05) is 24.1 Å². The van der Waals surface area contributed by atoms with Gasteiger partial charge in [0.2, 0.25) is 5.91 Å². The highest BCUT2D eigenvalue weighted by Gasteiger charge is 2.47. The van der Waals surface area contributed by atoms with Crippen molar-refractivity contribution in [3.63, 3.8) is 0 Å². The van der Waals surface area contributed by atoms with Crippen LogP contribution in [0.1, 0.15) is 67.0 Å². The number of nitrogens with zero attached hydrogens (tertiary/aromatic N) is 2. The normalized spacial score (nSPS) is 28.7. The van der Waals surface area contributed by atoms with Crippen LogP contribution in [0.4, 0.5) is 0 Å². The summed E-state index contributed by atoms with van der Waals surface area (Å²) in [4.78, 5) is 16.5. The first kappa shape index (κ1) is 20.6. The summed E-state index contributed by atoms with van der Waals surface area (Å²) >= 11 is 1.67. The van der Waals surface area contributed by atoms with E-state index in [0.29, 0.717) is 13.0 Å². The van der Waals surface area contributed by atoms with Crippen LogP contribution < -0.4 is 5.32 Å². The number of aryl methyl sites for hydroxylation is 2. The van der Waals surface area contributed by atoms with Crippen LogP contribution in [0, 0.1) is 19.8 Å². The van der Waals surface area contributed by atoms with E-state index in [9.17, 15) is 9.90 Å². The van der Waals surface area contributed by atoms with E-state index < -0.39 is 5.60 Å². The zero-order chi connectivity index (χ0) is 20.6. The van der Waals surface area contributed by atoms with E-state index in [2.05, 4.69) is 26.8 Å². The van der Waals surface area contributed by atoms with Gasteiger partial charge < -0.3 is 14.9 Å². The molecule has 0 bridgehead atoms. The van der Waals surface area contributed by atoms with Gasteiger partial charge in [0.25, 0.3) is 0 Å². The van der Waals surface area contributed by atoms with E-state index in [4.69, 9.17) is 4.52 Å². The van der Waals surface area contributed by atoms with Gasteiger partial charge in [0, 0.05) is 29.4 Å². The van der Waals surface area contributed by atoms with Crippen LogP contribution in [0.5, 0.6) is 0 Å². The predicted octanol–water partition coefficient (Wildman–Crippen LogP) is 3.73. The Balaban J connectivity index is 1.64. The van der Waals surface area contributed by atoms with Crippen LogP contribution in [-0.4, -0.2) is 39.3 Å². The molecule has 29 heavy (non-hydrogen) atoms. The number of carbonyl (C=O) groups excluding carboxylic acids is 1. The van der Waals surface area contributed by atoms with Crippen molar-refractivity contribution >= 4 is 17.2 Å². The average Bonchev–Trinajstić information content (AvgIpc) is 3.43. The second-order valence-corrected chi connectivity index (χ2v) is 9.79. The number of aliphatic hydroxyl groups is 1. The molecule has 0 radical (unpaired) electrons. The first-order chi connectivity index (χ1) is 13.9. The molecular weight excluding hydrogens is 386 g/mol. The number of nitrogens with one attached hydrogen (secondary N) is 1. The van der Waals surface area contributed by atoms with Gasteiger partial charge >= 0.3 is 0 Å². The number of piperidine rings is 1. The lowest BCUT2D eigenvalue weighted by molar-refractivity contribution is -0.132. The van der Waals surface area contributed by atoms with Crippen molar-refractivity contribution in [3.8, 4) is 0 Å². The number of rotatable bonds is 5. The van der Waals surface area contributed by atoms with Gasteiger partial charge in [0.15, 0.2) is 0 Å². The second kappa shape index (κ2) is 8.20. The van der Waals surface area contributed by atoms with Crippen LogP contribution in [-0.2, 0) is 11.3 Å². The Bertz CT molecular complexity index is 820. The van der Waals surface area contributed by atoms with Gasteiger partial charge in [-0.05, 0) is 51.5 Å². The van der Waals surface area contributed by atoms with Gasteiger partial charge in [-0.2, -0.15) is 0 Å². The van der Waals surface area contributed by atoms with E-state index in [1.807, 2.05) is 26.8 Å². The quantitative estimate of drug-likeness (QED) is 0.775. The third-order valence-corrected chi connectivity index (χ3v) is 7.63. The summed E-state index contributed by atoms with van der Waals surface area (Å²) in [6, 6.07) is 3.69. The van der Waals surface area contributed by atoms with E-state index in [0.717, 1.165) is 54.1 Å². The molecule has 6 nitrogen and oxygen atoms in total. The van der Waals surface area contributed by atoms with Crippen molar-refractivity contribution in [1.82, 2.24) is 15.4 Å². The Kier molecular flexibility index (Phi) is 5.82. The third-order valence-electron chi connectivity index (χ3n) is 6.69. The van der Waals surface area contributed by atoms with E-state index in [-0.39, 0.29) is 23.9 Å². The SMILES string of the molecule is Cc1noc(C)c1CN1CC[C@@](C)(O)[C@@H](NC(=O)C2CCCC2)[C@@H]1c1cccs1. The molecule has 0 aromatic carbocycles. The van der Waals surface area contributed by atoms with Crippen LogP contribution in [0.3, 0.4) is 0 Å². The smallest absolute Gasteiger partial charge is 0.223 e. The molecule has 0 unspecified atom stereocenters. The van der Waals surface area contributed by atoms with Gasteiger partial charge in [-0.25, -0.2) is 0 Å². The highest BCUT2D eigenvalue weighted by molar-refractivity contribution is 7.10.